The van der Waals surface area contributed by atoms with Crippen LogP contribution >= 0.6 is 0 Å². The molecule has 0 aromatic heterocycles. The Morgan fingerprint density at radius 3 is 2.29 bits per heavy atom. The molecule has 0 bridgehead atoms. The van der Waals surface area contributed by atoms with E-state index < -0.39 is 15.8 Å². The minimum Gasteiger partial charge on any atom is -0.308 e. The Hall–Kier alpha value is -1.02. The molecule has 1 aromatic carbocycles. The van der Waals surface area contributed by atoms with Crippen molar-refractivity contribution < 1.29 is 12.8 Å². The van der Waals surface area contributed by atoms with E-state index in [0.717, 1.165) is 13.1 Å². The smallest absolute Gasteiger partial charge is 0.243 e. The van der Waals surface area contributed by atoms with Gasteiger partial charge >= 0.3 is 0 Å². The molecule has 1 aliphatic heterocycles. The Morgan fingerprint density at radius 1 is 1.21 bits per heavy atom. The van der Waals surface area contributed by atoms with E-state index in [2.05, 4.69) is 23.6 Å². The molecule has 1 saturated heterocycles. The summed E-state index contributed by atoms with van der Waals surface area (Å²) in [6.45, 7) is 8.53. The molecule has 2 rings (SSSR count). The zero-order valence-corrected chi connectivity index (χ0v) is 16.0. The van der Waals surface area contributed by atoms with Crippen molar-refractivity contribution in [2.75, 3.05) is 40.3 Å². The van der Waals surface area contributed by atoms with Crippen molar-refractivity contribution in [1.29, 1.82) is 0 Å². The van der Waals surface area contributed by atoms with Gasteiger partial charge in [0.2, 0.25) is 10.0 Å². The van der Waals surface area contributed by atoms with Gasteiger partial charge in [-0.05, 0) is 58.6 Å². The van der Waals surface area contributed by atoms with Crippen LogP contribution in [-0.2, 0) is 10.0 Å². The van der Waals surface area contributed by atoms with E-state index in [0.29, 0.717) is 18.7 Å². The van der Waals surface area contributed by atoms with Gasteiger partial charge in [0.1, 0.15) is 5.82 Å². The van der Waals surface area contributed by atoms with E-state index in [1.807, 2.05) is 14.1 Å². The molecule has 0 spiro atoms. The summed E-state index contributed by atoms with van der Waals surface area (Å²) in [5.41, 5.74) is 0.449. The summed E-state index contributed by atoms with van der Waals surface area (Å²) in [4.78, 5) is 4.68. The molecular formula is C17H28FN3O2S. The summed E-state index contributed by atoms with van der Waals surface area (Å²) < 4.78 is 40.7. The lowest BCUT2D eigenvalue weighted by Gasteiger charge is -2.44. The molecule has 2 unspecified atom stereocenters. The standard InChI is InChI=1S/C17H28FN3O2S/c1-13-10-16(18)6-7-17(13)24(22,23)20-11-14(2)21(15(3)12-20)9-8-19(4)5/h6-7,10,14-15H,8-9,11-12H2,1-5H3. The molecule has 0 aliphatic carbocycles. The van der Waals surface area contributed by atoms with Crippen molar-refractivity contribution in [3.63, 3.8) is 0 Å². The molecule has 0 radical (unpaired) electrons. The first-order valence-corrected chi connectivity index (χ1v) is 9.73. The van der Waals surface area contributed by atoms with E-state index in [9.17, 15) is 12.8 Å². The molecule has 1 aromatic rings. The molecule has 5 nitrogen and oxygen atoms in total. The van der Waals surface area contributed by atoms with Crippen LogP contribution in [0.2, 0.25) is 0 Å². The van der Waals surface area contributed by atoms with Gasteiger partial charge in [0.25, 0.3) is 0 Å². The van der Waals surface area contributed by atoms with Crippen LogP contribution in [0.1, 0.15) is 19.4 Å². The Bertz CT molecular complexity index is 666. The second-order valence-corrected chi connectivity index (χ2v) is 8.88. The van der Waals surface area contributed by atoms with E-state index in [1.165, 1.54) is 22.5 Å². The highest BCUT2D eigenvalue weighted by atomic mass is 32.2. The van der Waals surface area contributed by atoms with Crippen molar-refractivity contribution in [2.24, 2.45) is 0 Å². The normalized spacial score (nSPS) is 23.8. The average molecular weight is 357 g/mol. The van der Waals surface area contributed by atoms with Gasteiger partial charge in [0.15, 0.2) is 0 Å². The number of sulfonamides is 1. The molecular weight excluding hydrogens is 329 g/mol. The maximum absolute atomic E-state index is 13.3. The molecule has 0 saturated carbocycles. The second-order valence-electron chi connectivity index (χ2n) is 6.97. The largest absolute Gasteiger partial charge is 0.308 e. The number of aryl methyl sites for hydroxylation is 1. The summed E-state index contributed by atoms with van der Waals surface area (Å²) in [7, 11) is 0.470. The molecule has 0 amide bonds. The van der Waals surface area contributed by atoms with E-state index in [1.54, 1.807) is 6.92 Å². The van der Waals surface area contributed by atoms with Gasteiger partial charge in [-0.2, -0.15) is 4.31 Å². The Balaban J connectivity index is 2.18. The predicted octanol–water partition coefficient (Wildman–Crippen LogP) is 1.78. The second kappa shape index (κ2) is 7.47. The molecule has 24 heavy (non-hydrogen) atoms. The van der Waals surface area contributed by atoms with Crippen molar-refractivity contribution in [1.82, 2.24) is 14.1 Å². The fourth-order valence-electron chi connectivity index (χ4n) is 3.30. The Labute approximate surface area is 145 Å². The first kappa shape index (κ1) is 19.3. The monoisotopic (exact) mass is 357 g/mol. The lowest BCUT2D eigenvalue weighted by Crippen LogP contribution is -2.58. The van der Waals surface area contributed by atoms with E-state index in [-0.39, 0.29) is 17.0 Å². The highest BCUT2D eigenvalue weighted by molar-refractivity contribution is 7.89. The number of halogens is 1. The van der Waals surface area contributed by atoms with Crippen molar-refractivity contribution in [3.05, 3.63) is 29.6 Å². The number of nitrogens with zero attached hydrogens (tertiary/aromatic N) is 3. The van der Waals surface area contributed by atoms with Gasteiger partial charge in [-0.1, -0.05) is 0 Å². The predicted molar refractivity (Wildman–Crippen MR) is 94.1 cm³/mol. The number of hydrogen-bond donors (Lipinski definition) is 0. The third-order valence-corrected chi connectivity index (χ3v) is 6.62. The Kier molecular flexibility index (Phi) is 6.01. The van der Waals surface area contributed by atoms with Crippen molar-refractivity contribution in [2.45, 2.75) is 37.8 Å². The summed E-state index contributed by atoms with van der Waals surface area (Å²) in [6.07, 6.45) is 0. The summed E-state index contributed by atoms with van der Waals surface area (Å²) in [5.74, 6) is -0.415. The van der Waals surface area contributed by atoms with Crippen LogP contribution in [0.25, 0.3) is 0 Å². The third kappa shape index (κ3) is 4.14. The lowest BCUT2D eigenvalue weighted by molar-refractivity contribution is 0.0708. The summed E-state index contributed by atoms with van der Waals surface area (Å²) in [5, 5.41) is 0. The van der Waals surface area contributed by atoms with Crippen LogP contribution in [0.4, 0.5) is 4.39 Å². The minimum atomic E-state index is -3.60. The van der Waals surface area contributed by atoms with E-state index >= 15 is 0 Å². The number of likely N-dealkylation sites (N-methyl/N-ethyl adjacent to an activating group) is 1. The fraction of sp³-hybridized carbons (Fsp3) is 0.647. The number of benzene rings is 1. The zero-order valence-electron chi connectivity index (χ0n) is 15.2. The number of rotatable bonds is 5. The van der Waals surface area contributed by atoms with Crippen LogP contribution in [0.5, 0.6) is 0 Å². The van der Waals surface area contributed by atoms with Gasteiger partial charge in [-0.25, -0.2) is 12.8 Å². The average Bonchev–Trinajstić information content (AvgIpc) is 2.45. The molecule has 1 fully saturated rings. The quantitative estimate of drug-likeness (QED) is 0.806. The zero-order chi connectivity index (χ0) is 18.1. The summed E-state index contributed by atoms with van der Waals surface area (Å²) in [6, 6.07) is 4.13. The fourth-order valence-corrected chi connectivity index (χ4v) is 5.11. The van der Waals surface area contributed by atoms with Gasteiger partial charge < -0.3 is 4.90 Å². The SMILES string of the molecule is Cc1cc(F)ccc1S(=O)(=O)N1CC(C)N(CCN(C)C)C(C)C1. The highest BCUT2D eigenvalue weighted by Crippen LogP contribution is 2.25. The Morgan fingerprint density at radius 2 is 1.79 bits per heavy atom. The molecule has 0 N–H and O–H groups in total. The third-order valence-electron chi connectivity index (χ3n) is 4.63. The number of piperazine rings is 1. The molecule has 7 heteroatoms. The van der Waals surface area contributed by atoms with Gasteiger partial charge in [0, 0.05) is 38.3 Å². The van der Waals surface area contributed by atoms with E-state index in [4.69, 9.17) is 0 Å². The maximum Gasteiger partial charge on any atom is 0.243 e. The first-order chi connectivity index (χ1) is 11.1. The molecule has 1 heterocycles. The molecule has 136 valence electrons. The van der Waals surface area contributed by atoms with Crippen LogP contribution in [0.3, 0.4) is 0 Å². The van der Waals surface area contributed by atoms with Gasteiger partial charge in [-0.3, -0.25) is 4.90 Å². The van der Waals surface area contributed by atoms with Crippen LogP contribution in [0, 0.1) is 12.7 Å². The van der Waals surface area contributed by atoms with Crippen LogP contribution in [0.15, 0.2) is 23.1 Å². The van der Waals surface area contributed by atoms with Crippen molar-refractivity contribution in [3.8, 4) is 0 Å². The maximum atomic E-state index is 13.3. The molecule has 1 aliphatic rings. The summed E-state index contributed by atoms with van der Waals surface area (Å²) >= 11 is 0. The van der Waals surface area contributed by atoms with Crippen LogP contribution in [-0.4, -0.2) is 74.9 Å². The topological polar surface area (TPSA) is 43.9 Å². The molecule has 2 atom stereocenters. The van der Waals surface area contributed by atoms with Crippen LogP contribution < -0.4 is 0 Å². The van der Waals surface area contributed by atoms with Gasteiger partial charge in [0.05, 0.1) is 4.90 Å². The number of hydrogen-bond acceptors (Lipinski definition) is 4. The van der Waals surface area contributed by atoms with Crippen molar-refractivity contribution >= 4 is 10.0 Å². The van der Waals surface area contributed by atoms with Gasteiger partial charge in [-0.15, -0.1) is 0 Å². The highest BCUT2D eigenvalue weighted by Gasteiger charge is 2.36. The first-order valence-electron chi connectivity index (χ1n) is 8.29. The minimum absolute atomic E-state index is 0.143. The lowest BCUT2D eigenvalue weighted by atomic mass is 10.1.